The lowest BCUT2D eigenvalue weighted by molar-refractivity contribution is -0.138. The maximum absolute atomic E-state index is 12.6. The molecular formula is C21H25NO3. The molecule has 1 aliphatic rings. The van der Waals surface area contributed by atoms with E-state index in [-0.39, 0.29) is 12.0 Å². The van der Waals surface area contributed by atoms with Crippen LogP contribution in [0, 0.1) is 0 Å². The van der Waals surface area contributed by atoms with Gasteiger partial charge in [-0.2, -0.15) is 0 Å². The molecule has 0 N–H and O–H groups in total. The van der Waals surface area contributed by atoms with Crippen LogP contribution in [0.1, 0.15) is 17.5 Å². The molecule has 4 heteroatoms. The summed E-state index contributed by atoms with van der Waals surface area (Å²) in [7, 11) is 1.66. The van der Waals surface area contributed by atoms with E-state index in [1.165, 1.54) is 5.56 Å². The van der Waals surface area contributed by atoms with E-state index in [2.05, 4.69) is 12.1 Å². The van der Waals surface area contributed by atoms with Crippen molar-refractivity contribution in [3.8, 4) is 5.75 Å². The smallest absolute Gasteiger partial charge is 0.223 e. The van der Waals surface area contributed by atoms with Crippen molar-refractivity contribution in [3.63, 3.8) is 0 Å². The van der Waals surface area contributed by atoms with E-state index < -0.39 is 0 Å². The number of ether oxygens (including phenoxy) is 2. The van der Waals surface area contributed by atoms with Gasteiger partial charge in [-0.25, -0.2) is 0 Å². The van der Waals surface area contributed by atoms with E-state index in [1.54, 1.807) is 7.11 Å². The highest BCUT2D eigenvalue weighted by Gasteiger charge is 2.24. The molecule has 0 aliphatic carbocycles. The molecule has 1 fully saturated rings. The van der Waals surface area contributed by atoms with Gasteiger partial charge in [-0.3, -0.25) is 4.79 Å². The van der Waals surface area contributed by atoms with Crippen molar-refractivity contribution >= 4 is 5.91 Å². The minimum atomic E-state index is 0.0753. The molecule has 1 saturated heterocycles. The number of rotatable bonds is 6. The second-order valence-corrected chi connectivity index (χ2v) is 6.33. The third-order valence-electron chi connectivity index (χ3n) is 4.60. The van der Waals surface area contributed by atoms with Crippen LogP contribution in [0.2, 0.25) is 0 Å². The summed E-state index contributed by atoms with van der Waals surface area (Å²) < 4.78 is 11.2. The van der Waals surface area contributed by atoms with Crippen LogP contribution in [0.5, 0.6) is 5.75 Å². The van der Waals surface area contributed by atoms with Crippen molar-refractivity contribution in [2.45, 2.75) is 25.4 Å². The Morgan fingerprint density at radius 3 is 2.72 bits per heavy atom. The molecule has 1 atom stereocenters. The Hall–Kier alpha value is -2.33. The summed E-state index contributed by atoms with van der Waals surface area (Å²) in [4.78, 5) is 14.5. The molecule has 0 spiro atoms. The van der Waals surface area contributed by atoms with Gasteiger partial charge >= 0.3 is 0 Å². The Balaban J connectivity index is 1.53. The van der Waals surface area contributed by atoms with Crippen LogP contribution in [-0.4, -0.2) is 43.7 Å². The third kappa shape index (κ3) is 4.83. The summed E-state index contributed by atoms with van der Waals surface area (Å²) in [6.45, 7) is 1.95. The fourth-order valence-corrected chi connectivity index (χ4v) is 3.26. The number of nitrogens with zero attached hydrogens (tertiary/aromatic N) is 1. The summed E-state index contributed by atoms with van der Waals surface area (Å²) >= 11 is 0. The van der Waals surface area contributed by atoms with E-state index in [0.29, 0.717) is 32.5 Å². The number of para-hydroxylation sites is 1. The number of methoxy groups -OCH3 is 1. The molecule has 0 radical (unpaired) electrons. The van der Waals surface area contributed by atoms with E-state index in [1.807, 2.05) is 47.4 Å². The monoisotopic (exact) mass is 339 g/mol. The fourth-order valence-electron chi connectivity index (χ4n) is 3.26. The maximum Gasteiger partial charge on any atom is 0.223 e. The van der Waals surface area contributed by atoms with Gasteiger partial charge in [0.1, 0.15) is 5.75 Å². The molecule has 1 heterocycles. The molecule has 0 aromatic heterocycles. The summed E-state index contributed by atoms with van der Waals surface area (Å²) in [5, 5.41) is 0. The lowest BCUT2D eigenvalue weighted by atomic mass is 10.1. The highest BCUT2D eigenvalue weighted by atomic mass is 16.5. The molecule has 1 amide bonds. The molecule has 132 valence electrons. The van der Waals surface area contributed by atoms with Crippen LogP contribution >= 0.6 is 0 Å². The SMILES string of the molecule is COc1ccccc1CCC(=O)N1CCOC(Cc2ccccc2)C1. The quantitative estimate of drug-likeness (QED) is 0.812. The van der Waals surface area contributed by atoms with Gasteiger partial charge in [0, 0.05) is 25.9 Å². The molecule has 3 rings (SSSR count). The first-order valence-corrected chi connectivity index (χ1v) is 8.81. The first-order valence-electron chi connectivity index (χ1n) is 8.81. The Kier molecular flexibility index (Phi) is 6.07. The van der Waals surface area contributed by atoms with Crippen LogP contribution in [0.15, 0.2) is 54.6 Å². The number of benzene rings is 2. The van der Waals surface area contributed by atoms with Gasteiger partial charge in [0.15, 0.2) is 0 Å². The van der Waals surface area contributed by atoms with Crippen LogP contribution in [-0.2, 0) is 22.4 Å². The second kappa shape index (κ2) is 8.67. The molecule has 0 saturated carbocycles. The van der Waals surface area contributed by atoms with Gasteiger partial charge in [0.25, 0.3) is 0 Å². The predicted molar refractivity (Wildman–Crippen MR) is 97.8 cm³/mol. The van der Waals surface area contributed by atoms with Crippen LogP contribution in [0.3, 0.4) is 0 Å². The highest BCUT2D eigenvalue weighted by molar-refractivity contribution is 5.76. The topological polar surface area (TPSA) is 38.8 Å². The highest BCUT2D eigenvalue weighted by Crippen LogP contribution is 2.20. The summed E-state index contributed by atoms with van der Waals surface area (Å²) in [5.41, 5.74) is 2.32. The van der Waals surface area contributed by atoms with E-state index in [4.69, 9.17) is 9.47 Å². The lowest BCUT2D eigenvalue weighted by Gasteiger charge is -2.33. The van der Waals surface area contributed by atoms with E-state index >= 15 is 0 Å². The minimum absolute atomic E-state index is 0.0753. The average Bonchev–Trinajstić information content (AvgIpc) is 2.67. The Bertz CT molecular complexity index is 687. The zero-order valence-electron chi connectivity index (χ0n) is 14.7. The van der Waals surface area contributed by atoms with Crippen molar-refractivity contribution in [2.75, 3.05) is 26.8 Å². The van der Waals surface area contributed by atoms with Crippen LogP contribution < -0.4 is 4.74 Å². The molecule has 4 nitrogen and oxygen atoms in total. The van der Waals surface area contributed by atoms with Crippen LogP contribution in [0.4, 0.5) is 0 Å². The second-order valence-electron chi connectivity index (χ2n) is 6.33. The van der Waals surface area contributed by atoms with E-state index in [9.17, 15) is 4.79 Å². The van der Waals surface area contributed by atoms with Gasteiger partial charge in [-0.1, -0.05) is 48.5 Å². The third-order valence-corrected chi connectivity index (χ3v) is 4.60. The molecule has 2 aromatic carbocycles. The Morgan fingerprint density at radius 2 is 1.92 bits per heavy atom. The zero-order valence-corrected chi connectivity index (χ0v) is 14.7. The number of hydrogen-bond donors (Lipinski definition) is 0. The number of carbonyl (C=O) groups excluding carboxylic acids is 1. The standard InChI is InChI=1S/C21H25NO3/c1-24-20-10-6-5-9-18(20)11-12-21(23)22-13-14-25-19(16-22)15-17-7-3-2-4-8-17/h2-10,19H,11-16H2,1H3. The maximum atomic E-state index is 12.6. The Morgan fingerprint density at radius 1 is 1.16 bits per heavy atom. The number of morpholine rings is 1. The summed E-state index contributed by atoms with van der Waals surface area (Å²) in [6.07, 6.45) is 2.12. The van der Waals surface area contributed by atoms with E-state index in [0.717, 1.165) is 17.7 Å². The largest absolute Gasteiger partial charge is 0.496 e. The number of amides is 1. The van der Waals surface area contributed by atoms with Gasteiger partial charge in [0.05, 0.1) is 19.8 Å². The van der Waals surface area contributed by atoms with Crippen molar-refractivity contribution in [2.24, 2.45) is 0 Å². The zero-order chi connectivity index (χ0) is 17.5. The number of carbonyl (C=O) groups is 1. The molecule has 0 bridgehead atoms. The first kappa shape index (κ1) is 17.5. The molecule has 1 unspecified atom stereocenters. The molecule has 1 aliphatic heterocycles. The molecular weight excluding hydrogens is 314 g/mol. The van der Waals surface area contributed by atoms with Crippen molar-refractivity contribution < 1.29 is 14.3 Å². The van der Waals surface area contributed by atoms with Crippen molar-refractivity contribution in [3.05, 3.63) is 65.7 Å². The summed E-state index contributed by atoms with van der Waals surface area (Å²) in [5.74, 6) is 1.03. The van der Waals surface area contributed by atoms with Gasteiger partial charge in [-0.05, 0) is 23.6 Å². The normalized spacial score (nSPS) is 17.3. The van der Waals surface area contributed by atoms with Crippen LogP contribution in [0.25, 0.3) is 0 Å². The summed E-state index contributed by atoms with van der Waals surface area (Å²) in [6, 6.07) is 18.2. The average molecular weight is 339 g/mol. The van der Waals surface area contributed by atoms with Gasteiger partial charge < -0.3 is 14.4 Å². The Labute approximate surface area is 149 Å². The lowest BCUT2D eigenvalue weighted by Crippen LogP contribution is -2.46. The number of hydrogen-bond acceptors (Lipinski definition) is 3. The molecule has 25 heavy (non-hydrogen) atoms. The van der Waals surface area contributed by atoms with Gasteiger partial charge in [0.2, 0.25) is 5.91 Å². The fraction of sp³-hybridized carbons (Fsp3) is 0.381. The van der Waals surface area contributed by atoms with Gasteiger partial charge in [-0.15, -0.1) is 0 Å². The van der Waals surface area contributed by atoms with Crippen molar-refractivity contribution in [1.82, 2.24) is 4.90 Å². The van der Waals surface area contributed by atoms with Crippen molar-refractivity contribution in [1.29, 1.82) is 0 Å². The predicted octanol–water partition coefficient (Wildman–Crippen LogP) is 3.10. The first-order chi connectivity index (χ1) is 12.3. The molecule has 2 aromatic rings. The number of aryl methyl sites for hydroxylation is 1. The minimum Gasteiger partial charge on any atom is -0.496 e.